The molecule has 1 aromatic heterocycles. The van der Waals surface area contributed by atoms with Gasteiger partial charge in [0.1, 0.15) is 6.54 Å². The highest BCUT2D eigenvalue weighted by Crippen LogP contribution is 2.25. The van der Waals surface area contributed by atoms with Crippen LogP contribution in [0.4, 0.5) is 5.82 Å². The van der Waals surface area contributed by atoms with Gasteiger partial charge in [-0.2, -0.15) is 0 Å². The van der Waals surface area contributed by atoms with Gasteiger partial charge in [0, 0.05) is 38.3 Å². The van der Waals surface area contributed by atoms with Gasteiger partial charge in [0.2, 0.25) is 5.91 Å². The largest absolute Gasteiger partial charge is 0.352 e. The molecule has 0 radical (unpaired) electrons. The Hall–Kier alpha value is -5.01. The van der Waals surface area contributed by atoms with E-state index in [0.717, 1.165) is 28.2 Å². The number of carbonyl (C=O) groups excluding carboxylic acids is 2. The van der Waals surface area contributed by atoms with Gasteiger partial charge in [0.15, 0.2) is 5.82 Å². The topological polar surface area (TPSA) is 69.6 Å². The van der Waals surface area contributed by atoms with Crippen molar-refractivity contribution < 1.29 is 9.59 Å². The fraction of sp³-hybridized carbons (Fsp3) is 0.167. The highest BCUT2D eigenvalue weighted by Gasteiger charge is 2.27. The number of hydrogen-bond acceptors (Lipinski definition) is 5. The highest BCUT2D eigenvalue weighted by molar-refractivity contribution is 6.33. The first-order valence-electron chi connectivity index (χ1n) is 14.7. The van der Waals surface area contributed by atoms with Crippen molar-refractivity contribution in [2.24, 2.45) is 0 Å². The summed E-state index contributed by atoms with van der Waals surface area (Å²) in [4.78, 5) is 32.4. The average molecular weight is 602 g/mol. The minimum absolute atomic E-state index is 0.0312. The van der Waals surface area contributed by atoms with E-state index in [-0.39, 0.29) is 18.4 Å². The van der Waals surface area contributed by atoms with Crippen LogP contribution in [0.5, 0.6) is 0 Å². The van der Waals surface area contributed by atoms with Crippen molar-refractivity contribution in [3.63, 3.8) is 0 Å². The summed E-state index contributed by atoms with van der Waals surface area (Å²) in [5.74, 6) is 0.416. The summed E-state index contributed by atoms with van der Waals surface area (Å²) in [6.07, 6.45) is 0. The lowest BCUT2D eigenvalue weighted by molar-refractivity contribution is -0.132. The van der Waals surface area contributed by atoms with E-state index in [1.54, 1.807) is 29.2 Å². The molecule has 6 rings (SSSR count). The second-order valence-corrected chi connectivity index (χ2v) is 11.1. The third kappa shape index (κ3) is 6.79. The van der Waals surface area contributed by atoms with E-state index in [0.29, 0.717) is 43.3 Å². The zero-order valence-electron chi connectivity index (χ0n) is 24.2. The van der Waals surface area contributed by atoms with Crippen LogP contribution >= 0.6 is 11.6 Å². The van der Waals surface area contributed by atoms with E-state index in [1.807, 2.05) is 65.6 Å². The Morgan fingerprint density at radius 3 is 1.93 bits per heavy atom. The maximum atomic E-state index is 13.5. The van der Waals surface area contributed by atoms with Crippen LogP contribution in [0.3, 0.4) is 0 Å². The molecule has 0 atom stereocenters. The maximum absolute atomic E-state index is 13.5. The molecule has 2 heterocycles. The molecule has 220 valence electrons. The van der Waals surface area contributed by atoms with Crippen LogP contribution in [-0.4, -0.2) is 64.5 Å². The number of amides is 2. The Kier molecular flexibility index (Phi) is 8.94. The second kappa shape index (κ2) is 13.5. The Morgan fingerprint density at radius 1 is 0.659 bits per heavy atom. The number of aromatic nitrogens is 2. The van der Waals surface area contributed by atoms with Crippen molar-refractivity contribution in [2.75, 3.05) is 37.6 Å². The lowest BCUT2D eigenvalue weighted by atomic mass is 10.0. The van der Waals surface area contributed by atoms with Gasteiger partial charge in [-0.15, -0.1) is 10.2 Å². The molecule has 1 saturated heterocycles. The van der Waals surface area contributed by atoms with Crippen molar-refractivity contribution in [3.8, 4) is 22.4 Å². The third-order valence-corrected chi connectivity index (χ3v) is 8.16. The molecule has 5 aromatic rings. The molecule has 1 aliphatic heterocycles. The Morgan fingerprint density at radius 2 is 1.27 bits per heavy atom. The molecule has 4 aromatic carbocycles. The smallest absolute Gasteiger partial charge is 0.256 e. The van der Waals surface area contributed by atoms with Gasteiger partial charge >= 0.3 is 0 Å². The fourth-order valence-electron chi connectivity index (χ4n) is 5.37. The predicted molar refractivity (Wildman–Crippen MR) is 174 cm³/mol. The maximum Gasteiger partial charge on any atom is 0.256 e. The number of halogens is 1. The number of nitrogens with zero attached hydrogens (tertiary/aromatic N) is 5. The molecule has 1 aliphatic rings. The van der Waals surface area contributed by atoms with Gasteiger partial charge in [-0.25, -0.2) is 0 Å². The van der Waals surface area contributed by atoms with Gasteiger partial charge in [0.25, 0.3) is 5.91 Å². The minimum atomic E-state index is -0.267. The van der Waals surface area contributed by atoms with Gasteiger partial charge < -0.3 is 14.7 Å². The molecule has 44 heavy (non-hydrogen) atoms. The molecule has 0 spiro atoms. The van der Waals surface area contributed by atoms with Crippen LogP contribution in [0.25, 0.3) is 22.4 Å². The number of benzene rings is 4. The summed E-state index contributed by atoms with van der Waals surface area (Å²) in [6.45, 7) is 2.60. The van der Waals surface area contributed by atoms with Gasteiger partial charge in [-0.05, 0) is 41.0 Å². The van der Waals surface area contributed by atoms with Crippen molar-refractivity contribution in [1.29, 1.82) is 0 Å². The Labute approximate surface area is 262 Å². The average Bonchev–Trinajstić information content (AvgIpc) is 3.09. The van der Waals surface area contributed by atoms with Gasteiger partial charge in [-0.1, -0.05) is 109 Å². The van der Waals surface area contributed by atoms with Crippen LogP contribution in [0.2, 0.25) is 5.02 Å². The summed E-state index contributed by atoms with van der Waals surface area (Å²) in [5, 5.41) is 9.35. The number of rotatable bonds is 8. The van der Waals surface area contributed by atoms with Crippen molar-refractivity contribution in [2.45, 2.75) is 6.54 Å². The lowest BCUT2D eigenvalue weighted by Crippen LogP contribution is -2.52. The molecular formula is C36H32ClN5O2. The molecule has 0 bridgehead atoms. The first kappa shape index (κ1) is 29.1. The molecule has 8 heteroatoms. The molecule has 0 aliphatic carbocycles. The van der Waals surface area contributed by atoms with Crippen molar-refractivity contribution in [3.05, 3.63) is 137 Å². The quantitative estimate of drug-likeness (QED) is 0.204. The molecule has 0 N–H and O–H groups in total. The Balaban J connectivity index is 1.07. The van der Waals surface area contributed by atoms with Crippen molar-refractivity contribution in [1.82, 2.24) is 20.0 Å². The van der Waals surface area contributed by atoms with Gasteiger partial charge in [0.05, 0.1) is 16.3 Å². The highest BCUT2D eigenvalue weighted by atomic mass is 35.5. The van der Waals surface area contributed by atoms with E-state index in [1.165, 1.54) is 5.56 Å². The van der Waals surface area contributed by atoms with E-state index in [9.17, 15) is 9.59 Å². The minimum Gasteiger partial charge on any atom is -0.352 e. The van der Waals surface area contributed by atoms with E-state index < -0.39 is 0 Å². The first-order valence-corrected chi connectivity index (χ1v) is 15.0. The molecule has 2 amide bonds. The molecular weight excluding hydrogens is 570 g/mol. The zero-order valence-corrected chi connectivity index (χ0v) is 25.0. The fourth-order valence-corrected chi connectivity index (χ4v) is 5.58. The Bertz CT molecular complexity index is 1710. The predicted octanol–water partition coefficient (Wildman–Crippen LogP) is 6.46. The summed E-state index contributed by atoms with van der Waals surface area (Å²) in [7, 11) is 0. The number of anilines is 1. The molecule has 7 nitrogen and oxygen atoms in total. The number of piperazine rings is 1. The second-order valence-electron chi connectivity index (χ2n) is 10.7. The van der Waals surface area contributed by atoms with E-state index in [2.05, 4.69) is 51.5 Å². The monoisotopic (exact) mass is 601 g/mol. The summed E-state index contributed by atoms with van der Waals surface area (Å²) in [5.41, 5.74) is 5.47. The van der Waals surface area contributed by atoms with Crippen LogP contribution in [0.1, 0.15) is 15.9 Å². The van der Waals surface area contributed by atoms with E-state index >= 15 is 0 Å². The number of hydrogen-bond donors (Lipinski definition) is 0. The van der Waals surface area contributed by atoms with Gasteiger partial charge in [-0.3, -0.25) is 9.59 Å². The standard InChI is InChI=1S/C36H32ClN5O2/c37-32-14-8-7-13-31(32)36(44)42(25-27-9-3-1-4-10-27)26-35(43)41-23-21-40(22-24-41)34-20-19-33(38-39-34)30-17-15-29(16-18-30)28-11-5-2-6-12-28/h1-20H,21-26H2. The van der Waals surface area contributed by atoms with Crippen LogP contribution in [0, 0.1) is 0 Å². The summed E-state index contributed by atoms with van der Waals surface area (Å²) < 4.78 is 0. The molecule has 0 unspecified atom stereocenters. The van der Waals surface area contributed by atoms with Crippen LogP contribution in [-0.2, 0) is 11.3 Å². The van der Waals surface area contributed by atoms with E-state index in [4.69, 9.17) is 11.6 Å². The van der Waals surface area contributed by atoms with Crippen molar-refractivity contribution >= 4 is 29.2 Å². The van der Waals surface area contributed by atoms with Crippen LogP contribution in [0.15, 0.2) is 121 Å². The lowest BCUT2D eigenvalue weighted by Gasteiger charge is -2.36. The summed E-state index contributed by atoms with van der Waals surface area (Å²) >= 11 is 6.34. The molecule has 0 saturated carbocycles. The zero-order chi connectivity index (χ0) is 30.3. The summed E-state index contributed by atoms with van der Waals surface area (Å²) in [6, 6.07) is 39.2. The number of carbonyl (C=O) groups is 2. The molecule has 1 fully saturated rings. The third-order valence-electron chi connectivity index (χ3n) is 7.83. The normalized spacial score (nSPS) is 13.0. The van der Waals surface area contributed by atoms with Crippen LogP contribution < -0.4 is 4.90 Å². The SMILES string of the molecule is O=C(CN(Cc1ccccc1)C(=O)c1ccccc1Cl)N1CCN(c2ccc(-c3ccc(-c4ccccc4)cc3)nn2)CC1. The first-order chi connectivity index (χ1) is 21.5.